The van der Waals surface area contributed by atoms with Gasteiger partial charge in [0.05, 0.1) is 0 Å². The Hall–Kier alpha value is -1.32. The van der Waals surface area contributed by atoms with Gasteiger partial charge in [0.15, 0.2) is 0 Å². The van der Waals surface area contributed by atoms with Gasteiger partial charge in [0.25, 0.3) is 5.56 Å². The highest BCUT2D eigenvalue weighted by molar-refractivity contribution is 4.98. The zero-order valence-corrected chi connectivity index (χ0v) is 8.71. The molecule has 0 spiro atoms. The second-order valence-corrected chi connectivity index (χ2v) is 4.30. The van der Waals surface area contributed by atoms with E-state index in [2.05, 4.69) is 9.97 Å². The van der Waals surface area contributed by atoms with Crippen molar-refractivity contribution in [3.8, 4) is 0 Å². The Morgan fingerprint density at radius 3 is 2.60 bits per heavy atom. The van der Waals surface area contributed by atoms with Crippen molar-refractivity contribution in [2.45, 2.75) is 38.5 Å². The minimum Gasteiger partial charge on any atom is -0.311 e. The summed E-state index contributed by atoms with van der Waals surface area (Å²) in [6.45, 7) is 0. The average molecular weight is 208 g/mol. The molecule has 82 valence electrons. The molecule has 15 heavy (non-hydrogen) atoms. The first kappa shape index (κ1) is 10.2. The molecule has 2 rings (SSSR count). The van der Waals surface area contributed by atoms with Gasteiger partial charge in [-0.3, -0.25) is 9.78 Å². The van der Waals surface area contributed by atoms with E-state index >= 15 is 0 Å². The van der Waals surface area contributed by atoms with Gasteiger partial charge in [-0.05, 0) is 18.8 Å². The molecule has 1 aliphatic rings. The summed E-state index contributed by atoms with van der Waals surface area (Å²) in [7, 11) is 0. The molecule has 1 aliphatic carbocycles. The van der Waals surface area contributed by atoms with Crippen LogP contribution in [0.25, 0.3) is 0 Å². The van der Waals surface area contributed by atoms with E-state index in [-0.39, 0.29) is 5.56 Å². The first-order chi connectivity index (χ1) is 7.24. The summed E-state index contributed by atoms with van der Waals surface area (Å²) in [6, 6.07) is 1.48. The van der Waals surface area contributed by atoms with Crippen LogP contribution in [-0.2, 0) is 6.42 Å². The smallest absolute Gasteiger partial charge is 0.311 e. The summed E-state index contributed by atoms with van der Waals surface area (Å²) < 4.78 is 0. The number of aromatic amines is 2. The topological polar surface area (TPSA) is 65.7 Å². The largest absolute Gasteiger partial charge is 0.325 e. The lowest BCUT2D eigenvalue weighted by molar-refractivity contribution is 0.500. The number of aryl methyl sites for hydroxylation is 1. The highest BCUT2D eigenvalue weighted by atomic mass is 16.2. The molecule has 4 heteroatoms. The van der Waals surface area contributed by atoms with Crippen molar-refractivity contribution in [1.29, 1.82) is 0 Å². The third-order valence-corrected chi connectivity index (χ3v) is 3.11. The van der Waals surface area contributed by atoms with E-state index < -0.39 is 5.69 Å². The molecule has 0 aliphatic heterocycles. The molecule has 0 saturated heterocycles. The normalized spacial score (nSPS) is 17.1. The zero-order chi connectivity index (χ0) is 10.7. The number of H-pyrrole nitrogens is 2. The van der Waals surface area contributed by atoms with Crippen LogP contribution >= 0.6 is 0 Å². The Morgan fingerprint density at radius 1 is 1.20 bits per heavy atom. The van der Waals surface area contributed by atoms with Gasteiger partial charge >= 0.3 is 5.69 Å². The number of nitrogens with one attached hydrogen (secondary N) is 2. The van der Waals surface area contributed by atoms with Crippen molar-refractivity contribution in [1.82, 2.24) is 9.97 Å². The van der Waals surface area contributed by atoms with E-state index in [9.17, 15) is 9.59 Å². The molecule has 2 N–H and O–H groups in total. The van der Waals surface area contributed by atoms with E-state index in [1.807, 2.05) is 0 Å². The summed E-state index contributed by atoms with van der Waals surface area (Å²) in [5, 5.41) is 0. The number of hydrogen-bond donors (Lipinski definition) is 2. The third kappa shape index (κ3) is 2.81. The quantitative estimate of drug-likeness (QED) is 0.783. The highest BCUT2D eigenvalue weighted by Crippen LogP contribution is 2.28. The van der Waals surface area contributed by atoms with Gasteiger partial charge in [-0.15, -0.1) is 0 Å². The van der Waals surface area contributed by atoms with Crippen LogP contribution in [0.5, 0.6) is 0 Å². The summed E-state index contributed by atoms with van der Waals surface area (Å²) in [4.78, 5) is 26.9. The Labute approximate surface area is 87.7 Å². The summed E-state index contributed by atoms with van der Waals surface area (Å²) in [5.74, 6) is 0.785. The van der Waals surface area contributed by atoms with E-state index in [0.29, 0.717) is 0 Å². The molecule has 0 bridgehead atoms. The Kier molecular flexibility index (Phi) is 3.04. The third-order valence-electron chi connectivity index (χ3n) is 3.11. The zero-order valence-electron chi connectivity index (χ0n) is 8.71. The fourth-order valence-corrected chi connectivity index (χ4v) is 2.31. The van der Waals surface area contributed by atoms with Gasteiger partial charge in [0.1, 0.15) is 0 Å². The van der Waals surface area contributed by atoms with E-state index in [1.54, 1.807) is 0 Å². The van der Waals surface area contributed by atoms with Crippen LogP contribution in [0.4, 0.5) is 0 Å². The van der Waals surface area contributed by atoms with Gasteiger partial charge in [-0.1, -0.05) is 25.7 Å². The molecular formula is C11H16N2O2. The van der Waals surface area contributed by atoms with Crippen molar-refractivity contribution in [2.75, 3.05) is 0 Å². The fourth-order valence-electron chi connectivity index (χ4n) is 2.31. The van der Waals surface area contributed by atoms with E-state index in [0.717, 1.165) is 24.5 Å². The Balaban J connectivity index is 1.98. The maximum Gasteiger partial charge on any atom is 0.325 e. The van der Waals surface area contributed by atoms with Crippen LogP contribution in [0.2, 0.25) is 0 Å². The van der Waals surface area contributed by atoms with Crippen LogP contribution in [0, 0.1) is 5.92 Å². The standard InChI is InChI=1S/C11H16N2O2/c14-10-7-9(12-11(15)13-10)6-5-8-3-1-2-4-8/h7-8H,1-6H2,(H2,12,13,14,15). The summed E-state index contributed by atoms with van der Waals surface area (Å²) in [6.07, 6.45) is 7.15. The number of rotatable bonds is 3. The van der Waals surface area contributed by atoms with Crippen molar-refractivity contribution in [3.05, 3.63) is 32.6 Å². The summed E-state index contributed by atoms with van der Waals surface area (Å²) >= 11 is 0. The monoisotopic (exact) mass is 208 g/mol. The Bertz CT molecular complexity index is 398. The SMILES string of the molecule is O=c1cc(CCC2CCCC2)[nH]c(=O)[nH]1. The lowest BCUT2D eigenvalue weighted by atomic mass is 10.0. The van der Waals surface area contributed by atoms with Crippen LogP contribution < -0.4 is 11.2 Å². The minimum absolute atomic E-state index is 0.305. The van der Waals surface area contributed by atoms with Gasteiger partial charge in [-0.25, -0.2) is 4.79 Å². The second-order valence-electron chi connectivity index (χ2n) is 4.30. The molecule has 0 amide bonds. The van der Waals surface area contributed by atoms with Crippen LogP contribution in [0.3, 0.4) is 0 Å². The molecule has 1 fully saturated rings. The molecule has 1 saturated carbocycles. The molecular weight excluding hydrogens is 192 g/mol. The predicted octanol–water partition coefficient (Wildman–Crippen LogP) is 1.19. The molecule has 0 unspecified atom stereocenters. The fraction of sp³-hybridized carbons (Fsp3) is 0.636. The van der Waals surface area contributed by atoms with Gasteiger partial charge in [-0.2, -0.15) is 0 Å². The van der Waals surface area contributed by atoms with Crippen molar-refractivity contribution in [2.24, 2.45) is 5.92 Å². The molecule has 4 nitrogen and oxygen atoms in total. The minimum atomic E-state index is -0.399. The van der Waals surface area contributed by atoms with E-state index in [4.69, 9.17) is 0 Å². The average Bonchev–Trinajstić information content (AvgIpc) is 2.65. The number of hydrogen-bond acceptors (Lipinski definition) is 2. The van der Waals surface area contributed by atoms with Crippen LogP contribution in [0.1, 0.15) is 37.8 Å². The molecule has 1 heterocycles. The molecule has 1 aromatic heterocycles. The van der Waals surface area contributed by atoms with Gasteiger partial charge < -0.3 is 4.98 Å². The highest BCUT2D eigenvalue weighted by Gasteiger charge is 2.14. The van der Waals surface area contributed by atoms with Crippen LogP contribution in [0.15, 0.2) is 15.7 Å². The van der Waals surface area contributed by atoms with Crippen molar-refractivity contribution in [3.63, 3.8) is 0 Å². The maximum absolute atomic E-state index is 11.0. The predicted molar refractivity (Wildman–Crippen MR) is 58.0 cm³/mol. The van der Waals surface area contributed by atoms with Crippen molar-refractivity contribution < 1.29 is 0 Å². The second kappa shape index (κ2) is 4.47. The lowest BCUT2D eigenvalue weighted by Gasteiger charge is -2.07. The first-order valence-corrected chi connectivity index (χ1v) is 5.56. The van der Waals surface area contributed by atoms with Gasteiger partial charge in [0.2, 0.25) is 0 Å². The summed E-state index contributed by atoms with van der Waals surface area (Å²) in [5.41, 5.74) is 0.0553. The molecule has 0 aromatic carbocycles. The van der Waals surface area contributed by atoms with Gasteiger partial charge in [0, 0.05) is 11.8 Å². The molecule has 0 radical (unpaired) electrons. The van der Waals surface area contributed by atoms with Crippen LogP contribution in [-0.4, -0.2) is 9.97 Å². The molecule has 1 aromatic rings. The lowest BCUT2D eigenvalue weighted by Crippen LogP contribution is -2.23. The Morgan fingerprint density at radius 2 is 1.93 bits per heavy atom. The van der Waals surface area contributed by atoms with Crippen molar-refractivity contribution >= 4 is 0 Å². The maximum atomic E-state index is 11.0. The molecule has 0 atom stereocenters. The number of aromatic nitrogens is 2. The van der Waals surface area contributed by atoms with E-state index in [1.165, 1.54) is 31.7 Å². The first-order valence-electron chi connectivity index (χ1n) is 5.56.